The van der Waals surface area contributed by atoms with Gasteiger partial charge in [-0.2, -0.15) is 0 Å². The molecule has 0 unspecified atom stereocenters. The predicted octanol–water partition coefficient (Wildman–Crippen LogP) is 2.15. The van der Waals surface area contributed by atoms with Crippen molar-refractivity contribution in [2.24, 2.45) is 0 Å². The van der Waals surface area contributed by atoms with Crippen molar-refractivity contribution in [3.8, 4) is 0 Å². The molecule has 0 heterocycles. The fourth-order valence-electron chi connectivity index (χ4n) is 1.38. The third-order valence-electron chi connectivity index (χ3n) is 2.24. The maximum absolute atomic E-state index is 10.9. The van der Waals surface area contributed by atoms with Crippen molar-refractivity contribution >= 4 is 11.7 Å². The molecule has 0 saturated heterocycles. The van der Waals surface area contributed by atoms with E-state index in [0.717, 1.165) is 5.69 Å². The van der Waals surface area contributed by atoms with Gasteiger partial charge in [-0.15, -0.1) is 6.58 Å². The second-order valence-electron chi connectivity index (χ2n) is 3.29. The summed E-state index contributed by atoms with van der Waals surface area (Å²) in [6.45, 7) is 5.82. The number of carboxylic acid groups (broad SMARTS) is 1. The SMILES string of the molecule is C=CCN(c1ccccc1)[C@@H](C)C(=O)O. The minimum Gasteiger partial charge on any atom is -0.480 e. The molecular formula is C12H15NO2. The van der Waals surface area contributed by atoms with Gasteiger partial charge in [0.1, 0.15) is 6.04 Å². The van der Waals surface area contributed by atoms with Crippen LogP contribution < -0.4 is 4.90 Å². The quantitative estimate of drug-likeness (QED) is 0.749. The van der Waals surface area contributed by atoms with Gasteiger partial charge in [-0.1, -0.05) is 24.3 Å². The second-order valence-corrected chi connectivity index (χ2v) is 3.29. The zero-order valence-corrected chi connectivity index (χ0v) is 8.76. The van der Waals surface area contributed by atoms with Gasteiger partial charge in [0.25, 0.3) is 0 Å². The fraction of sp³-hybridized carbons (Fsp3) is 0.250. The normalized spacial score (nSPS) is 11.8. The average Bonchev–Trinajstić information content (AvgIpc) is 2.26. The van der Waals surface area contributed by atoms with E-state index in [2.05, 4.69) is 6.58 Å². The summed E-state index contributed by atoms with van der Waals surface area (Å²) in [6.07, 6.45) is 1.70. The molecule has 0 aliphatic heterocycles. The Morgan fingerprint density at radius 2 is 2.13 bits per heavy atom. The van der Waals surface area contributed by atoms with Crippen LogP contribution in [0.4, 0.5) is 5.69 Å². The highest BCUT2D eigenvalue weighted by molar-refractivity contribution is 5.77. The molecule has 0 radical (unpaired) electrons. The first-order valence-electron chi connectivity index (χ1n) is 4.82. The van der Waals surface area contributed by atoms with E-state index in [1.54, 1.807) is 17.9 Å². The monoisotopic (exact) mass is 205 g/mol. The predicted molar refractivity (Wildman–Crippen MR) is 61.1 cm³/mol. The molecule has 0 saturated carbocycles. The number of aliphatic carboxylic acids is 1. The van der Waals surface area contributed by atoms with Crippen molar-refractivity contribution in [3.63, 3.8) is 0 Å². The van der Waals surface area contributed by atoms with Crippen LogP contribution in [0, 0.1) is 0 Å². The van der Waals surface area contributed by atoms with Crippen LogP contribution in [0.2, 0.25) is 0 Å². The third-order valence-corrected chi connectivity index (χ3v) is 2.24. The molecule has 3 nitrogen and oxygen atoms in total. The van der Waals surface area contributed by atoms with Crippen LogP contribution in [0.15, 0.2) is 43.0 Å². The number of carboxylic acids is 1. The molecule has 1 rings (SSSR count). The van der Waals surface area contributed by atoms with Crippen LogP contribution >= 0.6 is 0 Å². The van der Waals surface area contributed by atoms with Crippen LogP contribution in [-0.4, -0.2) is 23.7 Å². The Bertz CT molecular complexity index is 335. The van der Waals surface area contributed by atoms with Crippen molar-refractivity contribution in [2.75, 3.05) is 11.4 Å². The van der Waals surface area contributed by atoms with E-state index in [1.807, 2.05) is 30.3 Å². The van der Waals surface area contributed by atoms with Gasteiger partial charge in [-0.3, -0.25) is 0 Å². The van der Waals surface area contributed by atoms with Crippen LogP contribution in [0.3, 0.4) is 0 Å². The zero-order chi connectivity index (χ0) is 11.3. The molecule has 1 aromatic rings. The number of benzene rings is 1. The lowest BCUT2D eigenvalue weighted by Gasteiger charge is -2.27. The summed E-state index contributed by atoms with van der Waals surface area (Å²) in [5.74, 6) is -0.833. The Kier molecular flexibility index (Phi) is 3.92. The minimum absolute atomic E-state index is 0.525. The van der Waals surface area contributed by atoms with Gasteiger partial charge in [0.15, 0.2) is 0 Å². The topological polar surface area (TPSA) is 40.5 Å². The molecular weight excluding hydrogens is 190 g/mol. The van der Waals surface area contributed by atoms with E-state index >= 15 is 0 Å². The first-order chi connectivity index (χ1) is 7.16. The van der Waals surface area contributed by atoms with Gasteiger partial charge in [0.05, 0.1) is 0 Å². The molecule has 0 fully saturated rings. The molecule has 80 valence electrons. The van der Waals surface area contributed by atoms with Gasteiger partial charge in [0.2, 0.25) is 0 Å². The maximum Gasteiger partial charge on any atom is 0.326 e. The Morgan fingerprint density at radius 1 is 1.53 bits per heavy atom. The Balaban J connectivity index is 2.92. The number of nitrogens with zero attached hydrogens (tertiary/aromatic N) is 1. The second kappa shape index (κ2) is 5.20. The van der Waals surface area contributed by atoms with Crippen LogP contribution in [0.25, 0.3) is 0 Å². The summed E-state index contributed by atoms with van der Waals surface area (Å²) in [5.41, 5.74) is 0.896. The molecule has 0 bridgehead atoms. The molecule has 0 aromatic heterocycles. The average molecular weight is 205 g/mol. The summed E-state index contributed by atoms with van der Waals surface area (Å²) in [7, 11) is 0. The number of para-hydroxylation sites is 1. The van der Waals surface area contributed by atoms with Gasteiger partial charge in [-0.05, 0) is 19.1 Å². The first-order valence-corrected chi connectivity index (χ1v) is 4.82. The molecule has 0 amide bonds. The highest BCUT2D eigenvalue weighted by Gasteiger charge is 2.19. The summed E-state index contributed by atoms with van der Waals surface area (Å²) in [6, 6.07) is 8.91. The van der Waals surface area contributed by atoms with Gasteiger partial charge >= 0.3 is 5.97 Å². The molecule has 1 N–H and O–H groups in total. The largest absolute Gasteiger partial charge is 0.480 e. The van der Waals surface area contributed by atoms with Crippen LogP contribution in [0.5, 0.6) is 0 Å². The highest BCUT2D eigenvalue weighted by Crippen LogP contribution is 2.16. The lowest BCUT2D eigenvalue weighted by Crippen LogP contribution is -2.39. The van der Waals surface area contributed by atoms with Crippen molar-refractivity contribution in [1.29, 1.82) is 0 Å². The summed E-state index contributed by atoms with van der Waals surface area (Å²) >= 11 is 0. The van der Waals surface area contributed by atoms with Crippen molar-refractivity contribution in [1.82, 2.24) is 0 Å². The van der Waals surface area contributed by atoms with Crippen molar-refractivity contribution in [3.05, 3.63) is 43.0 Å². The van der Waals surface area contributed by atoms with E-state index in [4.69, 9.17) is 5.11 Å². The number of hydrogen-bond donors (Lipinski definition) is 1. The molecule has 1 aromatic carbocycles. The summed E-state index contributed by atoms with van der Waals surface area (Å²) < 4.78 is 0. The van der Waals surface area contributed by atoms with Gasteiger partial charge in [-0.25, -0.2) is 4.79 Å². The number of rotatable bonds is 5. The van der Waals surface area contributed by atoms with E-state index in [-0.39, 0.29) is 0 Å². The van der Waals surface area contributed by atoms with E-state index in [1.165, 1.54) is 0 Å². The summed E-state index contributed by atoms with van der Waals surface area (Å²) in [5, 5.41) is 8.96. The molecule has 1 atom stereocenters. The smallest absolute Gasteiger partial charge is 0.326 e. The standard InChI is InChI=1S/C12H15NO2/c1-3-9-13(10(2)12(14)15)11-7-5-4-6-8-11/h3-8,10H,1,9H2,2H3,(H,14,15)/t10-/m0/s1. The van der Waals surface area contributed by atoms with E-state index < -0.39 is 12.0 Å². The van der Waals surface area contributed by atoms with E-state index in [9.17, 15) is 4.79 Å². The van der Waals surface area contributed by atoms with E-state index in [0.29, 0.717) is 6.54 Å². The molecule has 0 aliphatic rings. The molecule has 15 heavy (non-hydrogen) atoms. The van der Waals surface area contributed by atoms with Crippen LogP contribution in [-0.2, 0) is 4.79 Å². The molecule has 0 aliphatic carbocycles. The number of hydrogen-bond acceptors (Lipinski definition) is 2. The lowest BCUT2D eigenvalue weighted by atomic mass is 10.2. The van der Waals surface area contributed by atoms with Crippen LogP contribution in [0.1, 0.15) is 6.92 Å². The van der Waals surface area contributed by atoms with Gasteiger partial charge < -0.3 is 10.0 Å². The lowest BCUT2D eigenvalue weighted by molar-refractivity contribution is -0.138. The van der Waals surface area contributed by atoms with Crippen molar-refractivity contribution < 1.29 is 9.90 Å². The third kappa shape index (κ3) is 2.84. The highest BCUT2D eigenvalue weighted by atomic mass is 16.4. The first kappa shape index (κ1) is 11.3. The summed E-state index contributed by atoms with van der Waals surface area (Å²) in [4.78, 5) is 12.7. The Hall–Kier alpha value is -1.77. The zero-order valence-electron chi connectivity index (χ0n) is 8.76. The fourth-order valence-corrected chi connectivity index (χ4v) is 1.38. The number of carbonyl (C=O) groups is 1. The Morgan fingerprint density at radius 3 is 2.60 bits per heavy atom. The number of anilines is 1. The van der Waals surface area contributed by atoms with Crippen molar-refractivity contribution in [2.45, 2.75) is 13.0 Å². The Labute approximate surface area is 89.6 Å². The molecule has 0 spiro atoms. The minimum atomic E-state index is -0.833. The van der Waals surface area contributed by atoms with Gasteiger partial charge in [0, 0.05) is 12.2 Å². The molecule has 3 heteroatoms. The maximum atomic E-state index is 10.9.